The van der Waals surface area contributed by atoms with Crippen molar-refractivity contribution in [1.29, 1.82) is 0 Å². The molecule has 0 aromatic carbocycles. The second kappa shape index (κ2) is 4.16. The number of H-pyrrole nitrogens is 1. The van der Waals surface area contributed by atoms with Crippen molar-refractivity contribution in [3.8, 4) is 11.3 Å². The van der Waals surface area contributed by atoms with E-state index in [1.165, 1.54) is 6.20 Å². The van der Waals surface area contributed by atoms with E-state index in [0.29, 0.717) is 11.2 Å². The highest BCUT2D eigenvalue weighted by molar-refractivity contribution is 5.99. The van der Waals surface area contributed by atoms with Gasteiger partial charge >= 0.3 is 0 Å². The fraction of sp³-hybridized carbons (Fsp3) is 0.0769. The zero-order valence-corrected chi connectivity index (χ0v) is 10.2. The number of aryl methyl sites for hydroxylation is 1. The molecule has 0 bridgehead atoms. The molecule has 0 spiro atoms. The zero-order valence-electron chi connectivity index (χ0n) is 10.2. The summed E-state index contributed by atoms with van der Waals surface area (Å²) < 4.78 is 0. The summed E-state index contributed by atoms with van der Waals surface area (Å²) in [5.74, 6) is -0.507. The van der Waals surface area contributed by atoms with Crippen LogP contribution in [0.2, 0.25) is 0 Å². The van der Waals surface area contributed by atoms with Gasteiger partial charge in [-0.25, -0.2) is 4.98 Å². The minimum Gasteiger partial charge on any atom is -0.366 e. The second-order valence-electron chi connectivity index (χ2n) is 4.24. The molecule has 6 nitrogen and oxygen atoms in total. The van der Waals surface area contributed by atoms with Gasteiger partial charge in [0.15, 0.2) is 5.65 Å². The molecule has 94 valence electrons. The van der Waals surface area contributed by atoms with Crippen LogP contribution in [0.25, 0.3) is 22.3 Å². The van der Waals surface area contributed by atoms with Crippen LogP contribution in [0.1, 0.15) is 16.1 Å². The molecule has 3 heterocycles. The van der Waals surface area contributed by atoms with Crippen molar-refractivity contribution in [2.45, 2.75) is 6.92 Å². The lowest BCUT2D eigenvalue weighted by Gasteiger charge is -2.00. The molecule has 6 heteroatoms. The number of amides is 1. The van der Waals surface area contributed by atoms with Crippen molar-refractivity contribution in [3.05, 3.63) is 41.9 Å². The van der Waals surface area contributed by atoms with Gasteiger partial charge in [-0.2, -0.15) is 5.10 Å². The number of rotatable bonds is 2. The van der Waals surface area contributed by atoms with Gasteiger partial charge in [-0.3, -0.25) is 14.9 Å². The van der Waals surface area contributed by atoms with Crippen LogP contribution < -0.4 is 5.73 Å². The number of aromatic nitrogens is 4. The van der Waals surface area contributed by atoms with Crippen LogP contribution >= 0.6 is 0 Å². The molecular formula is C13H11N5O. The lowest BCUT2D eigenvalue weighted by molar-refractivity contribution is 0.1000. The second-order valence-corrected chi connectivity index (χ2v) is 4.24. The third-order valence-corrected chi connectivity index (χ3v) is 2.87. The van der Waals surface area contributed by atoms with Crippen molar-refractivity contribution < 1.29 is 4.79 Å². The molecule has 0 atom stereocenters. The summed E-state index contributed by atoms with van der Waals surface area (Å²) in [5, 5.41) is 7.84. The molecule has 3 N–H and O–H groups in total. The molecule has 0 aliphatic carbocycles. The van der Waals surface area contributed by atoms with Gasteiger partial charge in [0.05, 0.1) is 5.56 Å². The Morgan fingerprint density at radius 3 is 2.89 bits per heavy atom. The van der Waals surface area contributed by atoms with Gasteiger partial charge in [-0.05, 0) is 25.1 Å². The van der Waals surface area contributed by atoms with Crippen LogP contribution in [0.3, 0.4) is 0 Å². The highest BCUT2D eigenvalue weighted by Crippen LogP contribution is 2.25. The normalized spacial score (nSPS) is 10.8. The first-order chi connectivity index (χ1) is 9.15. The van der Waals surface area contributed by atoms with Crippen molar-refractivity contribution in [2.75, 3.05) is 0 Å². The summed E-state index contributed by atoms with van der Waals surface area (Å²) in [6.07, 6.45) is 3.15. The maximum atomic E-state index is 11.2. The molecule has 1 amide bonds. The van der Waals surface area contributed by atoms with E-state index in [9.17, 15) is 4.79 Å². The van der Waals surface area contributed by atoms with Crippen molar-refractivity contribution in [1.82, 2.24) is 20.2 Å². The Bertz CT molecular complexity index is 778. The Morgan fingerprint density at radius 1 is 1.32 bits per heavy atom. The monoisotopic (exact) mass is 253 g/mol. The van der Waals surface area contributed by atoms with Gasteiger partial charge in [0, 0.05) is 29.0 Å². The van der Waals surface area contributed by atoms with Crippen molar-refractivity contribution in [2.24, 2.45) is 5.73 Å². The fourth-order valence-corrected chi connectivity index (χ4v) is 1.95. The van der Waals surface area contributed by atoms with Gasteiger partial charge < -0.3 is 5.73 Å². The summed E-state index contributed by atoms with van der Waals surface area (Å²) in [5.41, 5.74) is 8.80. The fourth-order valence-electron chi connectivity index (χ4n) is 1.95. The average Bonchev–Trinajstić information content (AvgIpc) is 2.81. The molecule has 0 unspecified atom stereocenters. The van der Waals surface area contributed by atoms with E-state index in [-0.39, 0.29) is 0 Å². The molecule has 3 rings (SSSR count). The Morgan fingerprint density at radius 2 is 2.16 bits per heavy atom. The number of pyridine rings is 2. The van der Waals surface area contributed by atoms with Crippen LogP contribution in [0, 0.1) is 6.92 Å². The number of carbonyl (C=O) groups excluding carboxylic acids is 1. The van der Waals surface area contributed by atoms with Gasteiger partial charge in [-0.1, -0.05) is 0 Å². The van der Waals surface area contributed by atoms with Crippen LogP contribution in [-0.2, 0) is 0 Å². The maximum Gasteiger partial charge on any atom is 0.250 e. The number of aromatic amines is 1. The van der Waals surface area contributed by atoms with E-state index in [4.69, 9.17) is 5.73 Å². The quantitative estimate of drug-likeness (QED) is 0.721. The standard InChI is InChI=1S/C13H11N5O/c1-7-4-8(2-3-15-7)11-10-5-9(12(14)19)6-16-13(10)18-17-11/h2-6H,1H3,(H2,14,19)(H,16,17,18). The molecule has 0 fully saturated rings. The third kappa shape index (κ3) is 1.93. The lowest BCUT2D eigenvalue weighted by atomic mass is 10.1. The van der Waals surface area contributed by atoms with Gasteiger partial charge in [-0.15, -0.1) is 0 Å². The Balaban J connectivity index is 2.24. The van der Waals surface area contributed by atoms with Gasteiger partial charge in [0.2, 0.25) is 5.91 Å². The lowest BCUT2D eigenvalue weighted by Crippen LogP contribution is -2.10. The zero-order chi connectivity index (χ0) is 13.4. The summed E-state index contributed by atoms with van der Waals surface area (Å²) in [6, 6.07) is 5.48. The van der Waals surface area contributed by atoms with E-state index >= 15 is 0 Å². The van der Waals surface area contributed by atoms with Crippen molar-refractivity contribution in [3.63, 3.8) is 0 Å². The number of hydrogen-bond donors (Lipinski definition) is 2. The number of nitrogens with zero attached hydrogens (tertiary/aromatic N) is 3. The number of carbonyl (C=O) groups is 1. The molecule has 0 saturated carbocycles. The number of fused-ring (bicyclic) bond motifs is 1. The molecule has 3 aromatic heterocycles. The van der Waals surface area contributed by atoms with Crippen LogP contribution in [0.15, 0.2) is 30.6 Å². The Kier molecular flexibility index (Phi) is 2.49. The van der Waals surface area contributed by atoms with Crippen LogP contribution in [0.4, 0.5) is 0 Å². The molecule has 3 aromatic rings. The number of hydrogen-bond acceptors (Lipinski definition) is 4. The Hall–Kier alpha value is -2.76. The summed E-state index contributed by atoms with van der Waals surface area (Å²) in [7, 11) is 0. The topological polar surface area (TPSA) is 97.5 Å². The summed E-state index contributed by atoms with van der Waals surface area (Å²) in [4.78, 5) is 19.5. The predicted molar refractivity (Wildman–Crippen MR) is 70.4 cm³/mol. The highest BCUT2D eigenvalue weighted by atomic mass is 16.1. The largest absolute Gasteiger partial charge is 0.366 e. The van der Waals surface area contributed by atoms with E-state index < -0.39 is 5.91 Å². The van der Waals surface area contributed by atoms with Gasteiger partial charge in [0.1, 0.15) is 5.69 Å². The third-order valence-electron chi connectivity index (χ3n) is 2.87. The maximum absolute atomic E-state index is 11.2. The average molecular weight is 253 g/mol. The Labute approximate surface area is 108 Å². The molecule has 0 aliphatic heterocycles. The summed E-state index contributed by atoms with van der Waals surface area (Å²) in [6.45, 7) is 1.91. The highest BCUT2D eigenvalue weighted by Gasteiger charge is 2.11. The first kappa shape index (κ1) is 11.3. The van der Waals surface area contributed by atoms with E-state index in [2.05, 4.69) is 20.2 Å². The van der Waals surface area contributed by atoms with Crippen LogP contribution in [0.5, 0.6) is 0 Å². The van der Waals surface area contributed by atoms with Crippen molar-refractivity contribution >= 4 is 16.9 Å². The smallest absolute Gasteiger partial charge is 0.250 e. The summed E-state index contributed by atoms with van der Waals surface area (Å²) >= 11 is 0. The first-order valence-electron chi connectivity index (χ1n) is 5.72. The van der Waals surface area contributed by atoms with Crippen LogP contribution in [-0.4, -0.2) is 26.1 Å². The minimum absolute atomic E-state index is 0.362. The molecule has 19 heavy (non-hydrogen) atoms. The molecule has 0 aliphatic rings. The first-order valence-corrected chi connectivity index (χ1v) is 5.72. The van der Waals surface area contributed by atoms with E-state index in [1.807, 2.05) is 19.1 Å². The predicted octanol–water partition coefficient (Wildman–Crippen LogP) is 1.43. The molecule has 0 radical (unpaired) electrons. The van der Waals surface area contributed by atoms with Gasteiger partial charge in [0.25, 0.3) is 0 Å². The minimum atomic E-state index is -0.507. The SMILES string of the molecule is Cc1cc(-c2n[nH]c3ncc(C(N)=O)cc23)ccn1. The van der Waals surface area contributed by atoms with E-state index in [1.54, 1.807) is 12.3 Å². The van der Waals surface area contributed by atoms with E-state index in [0.717, 1.165) is 22.3 Å². The number of nitrogens with one attached hydrogen (secondary N) is 1. The number of nitrogens with two attached hydrogens (primary N) is 1. The molecule has 0 saturated heterocycles. The number of primary amides is 1. The molecular weight excluding hydrogens is 242 g/mol.